The fourth-order valence-corrected chi connectivity index (χ4v) is 4.60. The molecule has 2 aliphatic carbocycles. The highest BCUT2D eigenvalue weighted by molar-refractivity contribution is 5.31. The number of rotatable bonds is 5. The quantitative estimate of drug-likeness (QED) is 0.442. The van der Waals surface area contributed by atoms with Gasteiger partial charge in [0.2, 0.25) is 0 Å². The molecule has 0 saturated heterocycles. The van der Waals surface area contributed by atoms with Gasteiger partial charge in [-0.2, -0.15) is 0 Å². The van der Waals surface area contributed by atoms with Crippen LogP contribution in [-0.2, 0) is 9.78 Å². The summed E-state index contributed by atoms with van der Waals surface area (Å²) in [4.78, 5) is 11.3. The van der Waals surface area contributed by atoms with Crippen molar-refractivity contribution in [2.75, 3.05) is 0 Å². The van der Waals surface area contributed by atoms with E-state index in [1.54, 1.807) is 0 Å². The van der Waals surface area contributed by atoms with Crippen LogP contribution >= 0.6 is 0 Å². The van der Waals surface area contributed by atoms with Crippen molar-refractivity contribution in [2.45, 2.75) is 104 Å². The number of hydrogen-bond acceptors (Lipinski definition) is 3. The molecule has 0 heterocycles. The van der Waals surface area contributed by atoms with Gasteiger partial charge in [0.25, 0.3) is 0 Å². The van der Waals surface area contributed by atoms with Gasteiger partial charge in [-0.1, -0.05) is 46.0 Å². The van der Waals surface area contributed by atoms with Crippen LogP contribution in [0.25, 0.3) is 0 Å². The lowest BCUT2D eigenvalue weighted by molar-refractivity contribution is -0.389. The Balaban J connectivity index is 2.11. The third kappa shape index (κ3) is 3.26. The minimum Gasteiger partial charge on any atom is -0.377 e. The van der Waals surface area contributed by atoms with Crippen LogP contribution in [0, 0.1) is 28.6 Å². The van der Waals surface area contributed by atoms with Crippen molar-refractivity contribution in [3.63, 3.8) is 0 Å². The summed E-state index contributed by atoms with van der Waals surface area (Å²) in [6, 6.07) is 0. The van der Waals surface area contributed by atoms with Gasteiger partial charge < -0.3 is 5.11 Å². The van der Waals surface area contributed by atoms with Crippen LogP contribution in [0.15, 0.2) is 0 Å². The molecule has 0 unspecified atom stereocenters. The van der Waals surface area contributed by atoms with Crippen LogP contribution < -0.4 is 0 Å². The molecule has 2 aliphatic rings. The number of hydrogen-bond donors (Lipinski definition) is 1. The lowest BCUT2D eigenvalue weighted by atomic mass is 9.64. The van der Waals surface area contributed by atoms with Gasteiger partial charge in [0.15, 0.2) is 5.60 Å². The van der Waals surface area contributed by atoms with E-state index in [1.807, 2.05) is 27.7 Å². The summed E-state index contributed by atoms with van der Waals surface area (Å²) in [6.45, 7) is 16.7. The Kier molecular flexibility index (Phi) is 4.95. The molecule has 2 rings (SSSR count). The summed E-state index contributed by atoms with van der Waals surface area (Å²) in [6.07, 6.45) is 4.96. The highest BCUT2D eigenvalue weighted by Crippen LogP contribution is 2.69. The molecule has 0 radical (unpaired) electrons. The lowest BCUT2D eigenvalue weighted by Gasteiger charge is -2.42. The van der Waals surface area contributed by atoms with Crippen LogP contribution in [0.1, 0.15) is 87.5 Å². The van der Waals surface area contributed by atoms with Crippen LogP contribution in [-0.4, -0.2) is 21.9 Å². The summed E-state index contributed by atoms with van der Waals surface area (Å²) in [5, 5.41) is 11.3. The van der Waals surface area contributed by atoms with Crippen molar-refractivity contribution in [3.05, 3.63) is 0 Å². The SMILES string of the molecule is CCCC(C)(C)OOC(C)(C)C#C[C@@]1(O)C[C@@H]2CC[C@]1(C)C2(C)C. The first-order chi connectivity index (χ1) is 10.8. The van der Waals surface area contributed by atoms with Gasteiger partial charge in [0.1, 0.15) is 5.60 Å². The van der Waals surface area contributed by atoms with Gasteiger partial charge in [-0.3, -0.25) is 0 Å². The zero-order chi connectivity index (χ0) is 18.4. The molecule has 0 aliphatic heterocycles. The summed E-state index contributed by atoms with van der Waals surface area (Å²) < 4.78 is 0. The van der Waals surface area contributed by atoms with Gasteiger partial charge in [0.05, 0.1) is 5.60 Å². The Labute approximate surface area is 148 Å². The third-order valence-corrected chi connectivity index (χ3v) is 6.79. The van der Waals surface area contributed by atoms with Crippen molar-refractivity contribution in [2.24, 2.45) is 16.7 Å². The van der Waals surface area contributed by atoms with E-state index in [9.17, 15) is 5.11 Å². The summed E-state index contributed by atoms with van der Waals surface area (Å²) in [7, 11) is 0. The predicted octanol–water partition coefficient (Wildman–Crippen LogP) is 4.87. The maximum atomic E-state index is 11.3. The van der Waals surface area contributed by atoms with Crippen molar-refractivity contribution in [3.8, 4) is 11.8 Å². The molecule has 2 saturated carbocycles. The minimum absolute atomic E-state index is 0.126. The second kappa shape index (κ2) is 6.01. The molecule has 0 amide bonds. The molecular formula is C21H36O3. The van der Waals surface area contributed by atoms with Crippen molar-refractivity contribution < 1.29 is 14.9 Å². The van der Waals surface area contributed by atoms with E-state index in [-0.39, 0.29) is 16.4 Å². The number of fused-ring (bicyclic) bond motifs is 2. The summed E-state index contributed by atoms with van der Waals surface area (Å²) in [5.41, 5.74) is -2.04. The van der Waals surface area contributed by atoms with E-state index in [2.05, 4.69) is 39.5 Å². The van der Waals surface area contributed by atoms with Gasteiger partial charge in [-0.25, -0.2) is 9.78 Å². The molecule has 3 atom stereocenters. The molecule has 3 heteroatoms. The van der Waals surface area contributed by atoms with Gasteiger partial charge in [0, 0.05) is 5.41 Å². The van der Waals surface area contributed by atoms with Crippen molar-refractivity contribution in [1.29, 1.82) is 0 Å². The topological polar surface area (TPSA) is 38.7 Å². The van der Waals surface area contributed by atoms with E-state index >= 15 is 0 Å². The molecule has 138 valence electrons. The highest BCUT2D eigenvalue weighted by atomic mass is 17.2. The summed E-state index contributed by atoms with van der Waals surface area (Å²) >= 11 is 0. The average Bonchev–Trinajstić information content (AvgIpc) is 2.76. The minimum atomic E-state index is -0.932. The molecule has 24 heavy (non-hydrogen) atoms. The lowest BCUT2D eigenvalue weighted by Crippen LogP contribution is -2.46. The standard InChI is InChI=1S/C21H36O3/c1-9-11-17(2,3)23-24-18(4,5)13-14-21(22)15-16-10-12-20(21,8)19(16,6)7/h16,22H,9-12,15H2,1-8H3/t16-,20+,21+/m0/s1. The van der Waals surface area contributed by atoms with E-state index in [1.165, 1.54) is 6.42 Å². The monoisotopic (exact) mass is 336 g/mol. The zero-order valence-electron chi connectivity index (χ0n) is 16.9. The normalized spacial score (nSPS) is 35.0. The van der Waals surface area contributed by atoms with Gasteiger partial charge in [-0.15, -0.1) is 0 Å². The van der Waals surface area contributed by atoms with Crippen LogP contribution in [0.4, 0.5) is 0 Å². The zero-order valence-corrected chi connectivity index (χ0v) is 16.9. The van der Waals surface area contributed by atoms with Gasteiger partial charge in [-0.05, 0) is 64.7 Å². The molecule has 0 aromatic carbocycles. The van der Waals surface area contributed by atoms with Gasteiger partial charge >= 0.3 is 0 Å². The summed E-state index contributed by atoms with van der Waals surface area (Å²) in [5.74, 6) is 6.90. The molecule has 1 N–H and O–H groups in total. The maximum absolute atomic E-state index is 11.3. The second-order valence-electron chi connectivity index (χ2n) is 9.79. The maximum Gasteiger partial charge on any atom is 0.158 e. The first kappa shape index (κ1) is 19.8. The van der Waals surface area contributed by atoms with Crippen LogP contribution in [0.5, 0.6) is 0 Å². The molecule has 0 spiro atoms. The fourth-order valence-electron chi connectivity index (χ4n) is 4.60. The molecule has 2 bridgehead atoms. The Hall–Kier alpha value is -0.560. The Morgan fingerprint density at radius 1 is 1.12 bits per heavy atom. The van der Waals surface area contributed by atoms with Crippen molar-refractivity contribution >= 4 is 0 Å². The Morgan fingerprint density at radius 3 is 2.21 bits per heavy atom. The molecule has 0 aromatic rings. The number of aliphatic hydroxyl groups is 1. The molecule has 0 aromatic heterocycles. The van der Waals surface area contributed by atoms with E-state index in [0.29, 0.717) is 5.92 Å². The average molecular weight is 337 g/mol. The van der Waals surface area contributed by atoms with E-state index < -0.39 is 11.2 Å². The molecule has 2 fully saturated rings. The van der Waals surface area contributed by atoms with Crippen LogP contribution in [0.3, 0.4) is 0 Å². The van der Waals surface area contributed by atoms with E-state index in [0.717, 1.165) is 25.7 Å². The van der Waals surface area contributed by atoms with Crippen LogP contribution in [0.2, 0.25) is 0 Å². The molecule has 3 nitrogen and oxygen atoms in total. The first-order valence-corrected chi connectivity index (χ1v) is 9.42. The third-order valence-electron chi connectivity index (χ3n) is 6.79. The Bertz CT molecular complexity index is 537. The molecular weight excluding hydrogens is 300 g/mol. The van der Waals surface area contributed by atoms with Crippen molar-refractivity contribution in [1.82, 2.24) is 0 Å². The fraction of sp³-hybridized carbons (Fsp3) is 0.905. The second-order valence-corrected chi connectivity index (χ2v) is 9.79. The highest BCUT2D eigenvalue weighted by Gasteiger charge is 2.68. The largest absolute Gasteiger partial charge is 0.377 e. The predicted molar refractivity (Wildman–Crippen MR) is 97.2 cm³/mol. The smallest absolute Gasteiger partial charge is 0.158 e. The Morgan fingerprint density at radius 2 is 1.75 bits per heavy atom. The van der Waals surface area contributed by atoms with E-state index in [4.69, 9.17) is 9.78 Å². The first-order valence-electron chi connectivity index (χ1n) is 9.42.